The third-order valence-electron chi connectivity index (χ3n) is 4.26. The molecule has 0 saturated carbocycles. The summed E-state index contributed by atoms with van der Waals surface area (Å²) in [6.45, 7) is 4.71. The third kappa shape index (κ3) is 9.14. The van der Waals surface area contributed by atoms with Gasteiger partial charge >= 0.3 is 0 Å². The number of sulfonamides is 1. The normalized spacial score (nSPS) is 12.4. The van der Waals surface area contributed by atoms with Crippen molar-refractivity contribution in [3.05, 3.63) is 71.8 Å². The van der Waals surface area contributed by atoms with E-state index in [4.69, 9.17) is 0 Å². The Morgan fingerprint density at radius 3 is 1.86 bits per heavy atom. The van der Waals surface area contributed by atoms with E-state index in [0.29, 0.717) is 19.0 Å². The zero-order valence-corrected chi connectivity index (χ0v) is 20.5. The van der Waals surface area contributed by atoms with Gasteiger partial charge in [-0.1, -0.05) is 60.7 Å². The molecule has 8 heteroatoms. The van der Waals surface area contributed by atoms with Crippen LogP contribution in [-0.4, -0.2) is 46.3 Å². The molecule has 0 aliphatic rings. The number of hydrogen-bond donors (Lipinski definition) is 3. The quantitative estimate of drug-likeness (QED) is 0.279. The van der Waals surface area contributed by atoms with Crippen molar-refractivity contribution in [1.29, 1.82) is 0 Å². The van der Waals surface area contributed by atoms with Gasteiger partial charge in [-0.3, -0.25) is 4.99 Å². The molecule has 0 atom stereocenters. The van der Waals surface area contributed by atoms with Gasteiger partial charge in [0.05, 0.1) is 6.26 Å². The monoisotopic (exact) mass is 530 g/mol. The van der Waals surface area contributed by atoms with Gasteiger partial charge in [-0.2, -0.15) is 0 Å². The van der Waals surface area contributed by atoms with Gasteiger partial charge in [-0.25, -0.2) is 13.1 Å². The molecule has 0 radical (unpaired) electrons. The van der Waals surface area contributed by atoms with Crippen LogP contribution in [0.25, 0.3) is 0 Å². The molecule has 0 aromatic heterocycles. The highest BCUT2D eigenvalue weighted by Gasteiger charge is 2.22. The van der Waals surface area contributed by atoms with E-state index in [-0.39, 0.29) is 29.9 Å². The lowest BCUT2D eigenvalue weighted by Gasteiger charge is -2.27. The fourth-order valence-electron chi connectivity index (χ4n) is 3.06. The Morgan fingerprint density at radius 1 is 0.966 bits per heavy atom. The molecule has 3 N–H and O–H groups in total. The first-order valence-electron chi connectivity index (χ1n) is 9.23. The van der Waals surface area contributed by atoms with Crippen LogP contribution in [0.4, 0.5) is 0 Å². The smallest absolute Gasteiger partial charge is 0.209 e. The number of nitrogens with one attached hydrogen (secondary N) is 3. The predicted octanol–water partition coefficient (Wildman–Crippen LogP) is 2.93. The van der Waals surface area contributed by atoms with Gasteiger partial charge in [-0.15, -0.1) is 24.0 Å². The Bertz CT molecular complexity index is 833. The van der Waals surface area contributed by atoms with Crippen LogP contribution in [0.1, 0.15) is 30.9 Å². The van der Waals surface area contributed by atoms with E-state index >= 15 is 0 Å². The number of nitrogens with zero attached hydrogens (tertiary/aromatic N) is 1. The lowest BCUT2D eigenvalue weighted by atomic mass is 9.91. The number of hydrogen-bond acceptors (Lipinski definition) is 3. The second-order valence-corrected chi connectivity index (χ2v) is 9.19. The predicted molar refractivity (Wildman–Crippen MR) is 132 cm³/mol. The molecule has 29 heavy (non-hydrogen) atoms. The molecule has 0 saturated heterocycles. The Morgan fingerprint density at radius 2 is 1.45 bits per heavy atom. The van der Waals surface area contributed by atoms with E-state index in [0.717, 1.165) is 6.26 Å². The minimum absolute atomic E-state index is 0. The van der Waals surface area contributed by atoms with E-state index in [1.54, 1.807) is 7.05 Å². The van der Waals surface area contributed by atoms with Crippen LogP contribution in [-0.2, 0) is 10.0 Å². The summed E-state index contributed by atoms with van der Waals surface area (Å²) in [5.41, 5.74) is 1.80. The van der Waals surface area contributed by atoms with E-state index in [1.807, 2.05) is 50.2 Å². The average Bonchev–Trinajstić information content (AvgIpc) is 2.64. The van der Waals surface area contributed by atoms with Crippen molar-refractivity contribution in [3.8, 4) is 0 Å². The van der Waals surface area contributed by atoms with Gasteiger partial charge in [0.1, 0.15) is 0 Å². The van der Waals surface area contributed by atoms with E-state index < -0.39 is 15.6 Å². The number of halogens is 1. The minimum atomic E-state index is -3.28. The molecule has 0 unspecified atom stereocenters. The van der Waals surface area contributed by atoms with Gasteiger partial charge in [0, 0.05) is 31.6 Å². The molecule has 0 spiro atoms. The van der Waals surface area contributed by atoms with Crippen molar-refractivity contribution in [1.82, 2.24) is 15.4 Å². The number of benzene rings is 2. The average molecular weight is 530 g/mol. The maximum atomic E-state index is 11.5. The van der Waals surface area contributed by atoms with Crippen LogP contribution in [0.3, 0.4) is 0 Å². The maximum absolute atomic E-state index is 11.5. The summed E-state index contributed by atoms with van der Waals surface area (Å²) in [6, 6.07) is 20.7. The Labute approximate surface area is 191 Å². The third-order valence-corrected chi connectivity index (χ3v) is 5.18. The molecule has 0 fully saturated rings. The number of guanidine groups is 1. The first-order valence-corrected chi connectivity index (χ1v) is 11.1. The van der Waals surface area contributed by atoms with Crippen molar-refractivity contribution in [3.63, 3.8) is 0 Å². The summed E-state index contributed by atoms with van der Waals surface area (Å²) in [7, 11) is -1.58. The van der Waals surface area contributed by atoms with Crippen LogP contribution in [0, 0.1) is 0 Å². The lowest BCUT2D eigenvalue weighted by Crippen LogP contribution is -2.53. The zero-order chi connectivity index (χ0) is 20.6. The van der Waals surface area contributed by atoms with Crippen LogP contribution >= 0.6 is 24.0 Å². The summed E-state index contributed by atoms with van der Waals surface area (Å²) < 4.78 is 25.6. The van der Waals surface area contributed by atoms with E-state index in [2.05, 4.69) is 44.6 Å². The van der Waals surface area contributed by atoms with E-state index in [9.17, 15) is 8.42 Å². The molecule has 2 aromatic rings. The zero-order valence-electron chi connectivity index (χ0n) is 17.3. The van der Waals surface area contributed by atoms with Gasteiger partial charge in [0.2, 0.25) is 10.0 Å². The van der Waals surface area contributed by atoms with Gasteiger partial charge in [-0.05, 0) is 25.0 Å². The number of rotatable bonds is 8. The van der Waals surface area contributed by atoms with Crippen LogP contribution in [0.5, 0.6) is 0 Å². The Hall–Kier alpha value is -1.65. The van der Waals surface area contributed by atoms with Crippen molar-refractivity contribution < 1.29 is 8.42 Å². The first kappa shape index (κ1) is 25.4. The van der Waals surface area contributed by atoms with Crippen LogP contribution < -0.4 is 15.4 Å². The summed E-state index contributed by atoms with van der Waals surface area (Å²) in [5.74, 6) is 0.795. The standard InChI is InChI=1S/C21H30N4O2S.HI/c1-21(2,25-28(4,26)27)16-24-20(22-3)23-15-19(17-11-7-5-8-12-17)18-13-9-6-10-14-18;/h5-14,19,25H,15-16H2,1-4H3,(H2,22,23,24);1H. The van der Waals surface area contributed by atoms with Crippen molar-refractivity contribution >= 4 is 40.0 Å². The topological polar surface area (TPSA) is 82.6 Å². The molecule has 0 aliphatic heterocycles. The summed E-state index contributed by atoms with van der Waals surface area (Å²) >= 11 is 0. The second kappa shape index (κ2) is 11.5. The second-order valence-electron chi connectivity index (χ2n) is 7.44. The van der Waals surface area contributed by atoms with Crippen molar-refractivity contribution in [2.24, 2.45) is 4.99 Å². The molecule has 0 bridgehead atoms. The van der Waals surface area contributed by atoms with Gasteiger partial charge < -0.3 is 10.6 Å². The molecular weight excluding hydrogens is 499 g/mol. The van der Waals surface area contributed by atoms with Gasteiger partial charge in [0.25, 0.3) is 0 Å². The van der Waals surface area contributed by atoms with Crippen LogP contribution in [0.15, 0.2) is 65.7 Å². The highest BCUT2D eigenvalue weighted by atomic mass is 127. The van der Waals surface area contributed by atoms with E-state index in [1.165, 1.54) is 11.1 Å². The number of aliphatic imine (C=N–C) groups is 1. The largest absolute Gasteiger partial charge is 0.355 e. The molecule has 2 rings (SSSR count). The minimum Gasteiger partial charge on any atom is -0.355 e. The molecule has 0 heterocycles. The molecule has 0 aliphatic carbocycles. The molecule has 0 amide bonds. The summed E-state index contributed by atoms with van der Waals surface area (Å²) in [4.78, 5) is 4.26. The van der Waals surface area contributed by atoms with Crippen molar-refractivity contribution in [2.75, 3.05) is 26.4 Å². The van der Waals surface area contributed by atoms with Crippen LogP contribution in [0.2, 0.25) is 0 Å². The maximum Gasteiger partial charge on any atom is 0.209 e. The SMILES string of the molecule is CN=C(NCC(c1ccccc1)c1ccccc1)NCC(C)(C)NS(C)(=O)=O.I. The molecule has 2 aromatic carbocycles. The highest BCUT2D eigenvalue weighted by Crippen LogP contribution is 2.23. The Balaban J connectivity index is 0.00000420. The summed E-state index contributed by atoms with van der Waals surface area (Å²) in [6.07, 6.45) is 1.16. The Kier molecular flexibility index (Phi) is 10.1. The molecule has 160 valence electrons. The van der Waals surface area contributed by atoms with Gasteiger partial charge in [0.15, 0.2) is 5.96 Å². The fraction of sp³-hybridized carbons (Fsp3) is 0.381. The fourth-order valence-corrected chi connectivity index (χ4v) is 4.14. The van der Waals surface area contributed by atoms with Crippen molar-refractivity contribution in [2.45, 2.75) is 25.3 Å². The molecule has 6 nitrogen and oxygen atoms in total. The highest BCUT2D eigenvalue weighted by molar-refractivity contribution is 14.0. The summed E-state index contributed by atoms with van der Waals surface area (Å²) in [5, 5.41) is 6.57. The molecular formula is C21H31IN4O2S. The lowest BCUT2D eigenvalue weighted by molar-refractivity contribution is 0.446. The first-order chi connectivity index (χ1) is 13.2.